The Bertz CT molecular complexity index is 535. The molecular weight excluding hydrogens is 282 g/mol. The normalized spacial score (nSPS) is 11.8. The van der Waals surface area contributed by atoms with E-state index in [2.05, 4.69) is 10.6 Å². The second-order valence-electron chi connectivity index (χ2n) is 4.76. The summed E-state index contributed by atoms with van der Waals surface area (Å²) in [6, 6.07) is 0.415. The van der Waals surface area contributed by atoms with Gasteiger partial charge in [0, 0.05) is 12.1 Å². The van der Waals surface area contributed by atoms with Crippen LogP contribution < -0.4 is 10.6 Å². The molecule has 0 aliphatic carbocycles. The van der Waals surface area contributed by atoms with Crippen molar-refractivity contribution in [2.45, 2.75) is 39.2 Å². The van der Waals surface area contributed by atoms with E-state index in [1.165, 1.54) is 0 Å². The third-order valence-electron chi connectivity index (χ3n) is 2.91. The largest absolute Gasteiger partial charge is 0.478 e. The number of rotatable bonds is 6. The highest BCUT2D eigenvalue weighted by molar-refractivity contribution is 6.00. The predicted octanol–water partition coefficient (Wildman–Crippen LogP) is 3.36. The molecule has 21 heavy (non-hydrogen) atoms. The van der Waals surface area contributed by atoms with Gasteiger partial charge in [0.1, 0.15) is 0 Å². The summed E-state index contributed by atoms with van der Waals surface area (Å²) in [6.45, 7) is 3.83. The van der Waals surface area contributed by atoms with Gasteiger partial charge in [-0.15, -0.1) is 0 Å². The second kappa shape index (κ2) is 7.56. The number of unbranched alkanes of at least 4 members (excludes halogenated alkanes) is 1. The number of carbonyl (C=O) groups is 2. The summed E-state index contributed by atoms with van der Waals surface area (Å²) in [5.41, 5.74) is -0.799. The number of carboxylic acid groups (broad SMARTS) is 1. The molecule has 0 aliphatic heterocycles. The molecule has 0 fully saturated rings. The molecule has 7 heteroatoms. The number of aromatic carboxylic acids is 1. The minimum absolute atomic E-state index is 0.108. The van der Waals surface area contributed by atoms with Gasteiger partial charge in [-0.3, -0.25) is 0 Å². The maximum absolute atomic E-state index is 13.2. The van der Waals surface area contributed by atoms with Gasteiger partial charge in [-0.2, -0.15) is 0 Å². The number of benzene rings is 1. The van der Waals surface area contributed by atoms with Crippen LogP contribution in [0.25, 0.3) is 0 Å². The Balaban J connectivity index is 2.80. The van der Waals surface area contributed by atoms with Crippen LogP contribution in [0.15, 0.2) is 12.1 Å². The molecule has 0 saturated heterocycles. The molecule has 0 aromatic heterocycles. The van der Waals surface area contributed by atoms with E-state index < -0.39 is 29.2 Å². The fourth-order valence-electron chi connectivity index (χ4n) is 1.79. The SMILES string of the molecule is CCCCC(C)NC(=O)Nc1cc(F)c(F)cc1C(=O)O. The minimum atomic E-state index is -1.46. The number of hydrogen-bond acceptors (Lipinski definition) is 2. The average Bonchev–Trinajstić information content (AvgIpc) is 2.39. The van der Waals surface area contributed by atoms with Gasteiger partial charge < -0.3 is 15.7 Å². The molecule has 116 valence electrons. The van der Waals surface area contributed by atoms with Gasteiger partial charge >= 0.3 is 12.0 Å². The quantitative estimate of drug-likeness (QED) is 0.753. The van der Waals surface area contributed by atoms with Crippen molar-refractivity contribution in [3.05, 3.63) is 29.3 Å². The fraction of sp³-hybridized carbons (Fsp3) is 0.429. The van der Waals surface area contributed by atoms with Gasteiger partial charge in [-0.25, -0.2) is 18.4 Å². The van der Waals surface area contributed by atoms with Crippen LogP contribution in [0.4, 0.5) is 19.3 Å². The van der Waals surface area contributed by atoms with Crippen molar-refractivity contribution in [3.8, 4) is 0 Å². The van der Waals surface area contributed by atoms with Gasteiger partial charge in [0.25, 0.3) is 0 Å². The summed E-state index contributed by atoms with van der Waals surface area (Å²) < 4.78 is 26.2. The molecule has 0 spiro atoms. The molecule has 0 bridgehead atoms. The van der Waals surface area contributed by atoms with Crippen molar-refractivity contribution in [1.29, 1.82) is 0 Å². The third kappa shape index (κ3) is 5.02. The molecule has 5 nitrogen and oxygen atoms in total. The molecule has 1 atom stereocenters. The van der Waals surface area contributed by atoms with Crippen LogP contribution in [0.5, 0.6) is 0 Å². The lowest BCUT2D eigenvalue weighted by Crippen LogP contribution is -2.36. The van der Waals surface area contributed by atoms with Crippen LogP contribution in [-0.2, 0) is 0 Å². The Morgan fingerprint density at radius 1 is 1.29 bits per heavy atom. The van der Waals surface area contributed by atoms with E-state index in [0.717, 1.165) is 19.3 Å². The fourth-order valence-corrected chi connectivity index (χ4v) is 1.79. The zero-order valence-corrected chi connectivity index (χ0v) is 11.9. The molecular formula is C14H18F2N2O3. The summed E-state index contributed by atoms with van der Waals surface area (Å²) in [4.78, 5) is 22.7. The van der Waals surface area contributed by atoms with Gasteiger partial charge in [0.05, 0.1) is 11.3 Å². The summed E-state index contributed by atoms with van der Waals surface area (Å²) >= 11 is 0. The standard InChI is InChI=1S/C14H18F2N2O3/c1-3-4-5-8(2)17-14(21)18-12-7-11(16)10(15)6-9(12)13(19)20/h6-8H,3-5H2,1-2H3,(H,19,20)(H2,17,18,21). The molecule has 1 aromatic carbocycles. The molecule has 0 saturated carbocycles. The first kappa shape index (κ1) is 16.9. The maximum Gasteiger partial charge on any atom is 0.337 e. The van der Waals surface area contributed by atoms with Crippen LogP contribution >= 0.6 is 0 Å². The smallest absolute Gasteiger partial charge is 0.337 e. The van der Waals surface area contributed by atoms with Crippen molar-refractivity contribution in [2.24, 2.45) is 0 Å². The minimum Gasteiger partial charge on any atom is -0.478 e. The van der Waals surface area contributed by atoms with E-state index in [1.54, 1.807) is 6.92 Å². The topological polar surface area (TPSA) is 78.4 Å². The monoisotopic (exact) mass is 300 g/mol. The Labute approximate surface area is 121 Å². The van der Waals surface area contributed by atoms with E-state index in [9.17, 15) is 18.4 Å². The predicted molar refractivity (Wildman–Crippen MR) is 74.5 cm³/mol. The number of hydrogen-bond donors (Lipinski definition) is 3. The van der Waals surface area contributed by atoms with Gasteiger partial charge in [0.2, 0.25) is 0 Å². The van der Waals surface area contributed by atoms with Crippen molar-refractivity contribution < 1.29 is 23.5 Å². The van der Waals surface area contributed by atoms with Crippen molar-refractivity contribution in [2.75, 3.05) is 5.32 Å². The number of carboxylic acids is 1. The zero-order valence-electron chi connectivity index (χ0n) is 11.9. The number of nitrogens with one attached hydrogen (secondary N) is 2. The van der Waals surface area contributed by atoms with Crippen LogP contribution in [0.1, 0.15) is 43.5 Å². The first-order chi connectivity index (χ1) is 9.85. The summed E-state index contributed by atoms with van der Waals surface area (Å²) in [5, 5.41) is 13.8. The average molecular weight is 300 g/mol. The highest BCUT2D eigenvalue weighted by Crippen LogP contribution is 2.20. The number of anilines is 1. The Morgan fingerprint density at radius 3 is 2.48 bits per heavy atom. The molecule has 1 rings (SSSR count). The Morgan fingerprint density at radius 2 is 1.90 bits per heavy atom. The van der Waals surface area contributed by atoms with Crippen molar-refractivity contribution >= 4 is 17.7 Å². The molecule has 1 unspecified atom stereocenters. The van der Waals surface area contributed by atoms with Crippen LogP contribution in [0.2, 0.25) is 0 Å². The first-order valence-corrected chi connectivity index (χ1v) is 6.65. The van der Waals surface area contributed by atoms with Crippen molar-refractivity contribution in [1.82, 2.24) is 5.32 Å². The number of carbonyl (C=O) groups excluding carboxylic acids is 1. The zero-order chi connectivity index (χ0) is 16.0. The summed E-state index contributed by atoms with van der Waals surface area (Å²) in [5.74, 6) is -3.97. The van der Waals surface area contributed by atoms with E-state index in [0.29, 0.717) is 12.1 Å². The van der Waals surface area contributed by atoms with E-state index >= 15 is 0 Å². The summed E-state index contributed by atoms with van der Waals surface area (Å²) in [6.07, 6.45) is 2.69. The van der Waals surface area contributed by atoms with Crippen molar-refractivity contribution in [3.63, 3.8) is 0 Å². The van der Waals surface area contributed by atoms with Gasteiger partial charge in [0.15, 0.2) is 11.6 Å². The van der Waals surface area contributed by atoms with E-state index in [1.807, 2.05) is 6.92 Å². The highest BCUT2D eigenvalue weighted by Gasteiger charge is 2.17. The highest BCUT2D eigenvalue weighted by atomic mass is 19.2. The number of urea groups is 1. The maximum atomic E-state index is 13.2. The van der Waals surface area contributed by atoms with Gasteiger partial charge in [-0.1, -0.05) is 19.8 Å². The summed E-state index contributed by atoms with van der Waals surface area (Å²) in [7, 11) is 0. The molecule has 0 aliphatic rings. The molecule has 3 N–H and O–H groups in total. The lowest BCUT2D eigenvalue weighted by molar-refractivity contribution is 0.0697. The van der Waals surface area contributed by atoms with E-state index in [4.69, 9.17) is 5.11 Å². The Kier molecular flexibility index (Phi) is 6.08. The Hall–Kier alpha value is -2.18. The first-order valence-electron chi connectivity index (χ1n) is 6.65. The van der Waals surface area contributed by atoms with Crippen LogP contribution in [-0.4, -0.2) is 23.1 Å². The molecule has 0 heterocycles. The molecule has 1 aromatic rings. The third-order valence-corrected chi connectivity index (χ3v) is 2.91. The lowest BCUT2D eigenvalue weighted by Gasteiger charge is -2.15. The van der Waals surface area contributed by atoms with Gasteiger partial charge in [-0.05, 0) is 19.4 Å². The number of amides is 2. The second-order valence-corrected chi connectivity index (χ2v) is 4.76. The molecule has 2 amide bonds. The lowest BCUT2D eigenvalue weighted by atomic mass is 10.1. The number of halogens is 2. The van der Waals surface area contributed by atoms with Crippen LogP contribution in [0.3, 0.4) is 0 Å². The van der Waals surface area contributed by atoms with Crippen LogP contribution in [0, 0.1) is 11.6 Å². The van der Waals surface area contributed by atoms with E-state index in [-0.39, 0.29) is 11.7 Å². The molecule has 0 radical (unpaired) electrons.